The van der Waals surface area contributed by atoms with Gasteiger partial charge in [0.2, 0.25) is 0 Å². The number of alkyl halides is 2. The molecule has 9 N–H and O–H groups in total. The summed E-state index contributed by atoms with van der Waals surface area (Å²) in [5.74, 6) is -0.768. The number of carbonyl (C=O) groups excluding carboxylic acids is 1. The van der Waals surface area contributed by atoms with Gasteiger partial charge in [-0.1, -0.05) is 45.9 Å². The number of aromatic nitrogens is 6. The van der Waals surface area contributed by atoms with Crippen molar-refractivity contribution in [1.29, 1.82) is 10.5 Å². The van der Waals surface area contributed by atoms with Crippen LogP contribution in [0.2, 0.25) is 0 Å². The van der Waals surface area contributed by atoms with Gasteiger partial charge in [0.25, 0.3) is 5.91 Å². The lowest BCUT2D eigenvalue weighted by atomic mass is 9.86. The minimum absolute atomic E-state index is 0. The molecule has 18 heteroatoms. The molecule has 2 fully saturated rings. The van der Waals surface area contributed by atoms with E-state index in [1.54, 1.807) is 62.4 Å². The van der Waals surface area contributed by atoms with Crippen LogP contribution in [-0.2, 0) is 9.47 Å². The molecule has 0 radical (unpaired) electrons. The average molecular weight is 750 g/mol. The Morgan fingerprint density at radius 1 is 0.852 bits per heavy atom. The van der Waals surface area contributed by atoms with Gasteiger partial charge in [-0.15, -0.1) is 0 Å². The predicted octanol–water partition coefficient (Wildman–Crippen LogP) is 4.67. The second-order valence-electron chi connectivity index (χ2n) is 12.4. The van der Waals surface area contributed by atoms with E-state index in [-0.39, 0.29) is 17.5 Å². The number of rotatable bonds is 6. The van der Waals surface area contributed by atoms with Crippen molar-refractivity contribution in [2.45, 2.75) is 76.3 Å². The number of ether oxygens (including phenoxy) is 2. The van der Waals surface area contributed by atoms with Gasteiger partial charge in [0, 0.05) is 24.5 Å². The van der Waals surface area contributed by atoms with Crippen LogP contribution in [0.4, 0.5) is 20.4 Å². The second kappa shape index (κ2) is 17.5. The molecule has 0 bridgehead atoms. The number of nitrogens with zero attached hydrogens (tertiary/aromatic N) is 8. The zero-order chi connectivity index (χ0) is 37.8. The zero-order valence-corrected chi connectivity index (χ0v) is 30.5. The van der Waals surface area contributed by atoms with E-state index < -0.39 is 47.6 Å². The van der Waals surface area contributed by atoms with Crippen molar-refractivity contribution < 1.29 is 33.6 Å². The quantitative estimate of drug-likeness (QED) is 0.184. The number of benzene rings is 1. The highest BCUT2D eigenvalue weighted by molar-refractivity contribution is 6.05. The maximum Gasteiger partial charge on any atom is 0.256 e. The summed E-state index contributed by atoms with van der Waals surface area (Å²) in [5, 5.41) is 37.0. The van der Waals surface area contributed by atoms with Crippen molar-refractivity contribution in [2.75, 3.05) is 18.2 Å². The number of nitriles is 2. The van der Waals surface area contributed by atoms with Gasteiger partial charge in [0.1, 0.15) is 48.2 Å². The van der Waals surface area contributed by atoms with E-state index in [4.69, 9.17) is 20.3 Å². The topological polar surface area (TPSA) is 268 Å². The lowest BCUT2D eigenvalue weighted by molar-refractivity contribution is -0.0256. The van der Waals surface area contributed by atoms with Crippen LogP contribution in [-0.4, -0.2) is 76.3 Å². The molecule has 288 valence electrons. The van der Waals surface area contributed by atoms with Gasteiger partial charge in [-0.2, -0.15) is 20.7 Å². The van der Waals surface area contributed by atoms with Crippen molar-refractivity contribution in [3.05, 3.63) is 84.2 Å². The minimum Gasteiger partial charge on any atom is -0.412 e. The summed E-state index contributed by atoms with van der Waals surface area (Å²) >= 11 is 0. The molecule has 1 amide bonds. The summed E-state index contributed by atoms with van der Waals surface area (Å²) < 4.78 is 44.5. The maximum atomic E-state index is 15.1. The first-order valence-corrected chi connectivity index (χ1v) is 16.7. The number of nitrogens with two attached hydrogens (primary N) is 1. The van der Waals surface area contributed by atoms with E-state index in [9.17, 15) is 19.7 Å². The Kier molecular flexibility index (Phi) is 13.8. The lowest BCUT2D eigenvalue weighted by Gasteiger charge is -2.23. The van der Waals surface area contributed by atoms with E-state index in [1.165, 1.54) is 21.7 Å². The lowest BCUT2D eigenvalue weighted by Crippen LogP contribution is -2.33. The van der Waals surface area contributed by atoms with E-state index in [2.05, 4.69) is 37.6 Å². The van der Waals surface area contributed by atoms with Gasteiger partial charge < -0.3 is 37.3 Å². The monoisotopic (exact) mass is 749 g/mol. The fourth-order valence-electron chi connectivity index (χ4n) is 6.73. The van der Waals surface area contributed by atoms with Crippen molar-refractivity contribution in [3.63, 3.8) is 0 Å². The Morgan fingerprint density at radius 2 is 1.31 bits per heavy atom. The van der Waals surface area contributed by atoms with E-state index in [0.29, 0.717) is 52.5 Å². The number of amides is 1. The molecule has 0 unspecified atom stereocenters. The summed E-state index contributed by atoms with van der Waals surface area (Å²) in [5.41, 5.74) is 6.13. The largest absolute Gasteiger partial charge is 0.412 e. The van der Waals surface area contributed by atoms with E-state index >= 15 is 4.39 Å². The van der Waals surface area contributed by atoms with Crippen LogP contribution in [0.25, 0.3) is 11.0 Å². The number of carbonyl (C=O) groups is 1. The van der Waals surface area contributed by atoms with Crippen LogP contribution in [0.3, 0.4) is 0 Å². The number of aliphatic hydroxyl groups excluding tert-OH is 1. The van der Waals surface area contributed by atoms with Crippen LogP contribution < -0.4 is 17.2 Å². The maximum absolute atomic E-state index is 15.1. The molecule has 16 nitrogen and oxygen atoms in total. The van der Waals surface area contributed by atoms with Crippen LogP contribution >= 0.6 is 0 Å². The average Bonchev–Trinajstić information content (AvgIpc) is 3.93. The fraction of sp³-hybridized carbons (Fsp3) is 0.417. The number of halogens is 2. The molecule has 0 aliphatic carbocycles. The number of fused-ring (bicyclic) bond motifs is 2. The molecule has 54 heavy (non-hydrogen) atoms. The molecule has 2 saturated heterocycles. The summed E-state index contributed by atoms with van der Waals surface area (Å²) in [4.78, 5) is 20.5. The Balaban J connectivity index is 0.000000279. The Bertz CT molecular complexity index is 2120. The number of hydrogen-bond donors (Lipinski definition) is 4. The smallest absolute Gasteiger partial charge is 0.256 e. The molecule has 6 heterocycles. The molecule has 2 aliphatic rings. The summed E-state index contributed by atoms with van der Waals surface area (Å²) in [6.07, 6.45) is -0.977. The fourth-order valence-corrected chi connectivity index (χ4v) is 6.73. The van der Waals surface area contributed by atoms with Crippen LogP contribution in [0, 0.1) is 34.5 Å². The highest BCUT2D eigenvalue weighted by Gasteiger charge is 2.55. The third-order valence-electron chi connectivity index (χ3n) is 9.95. The Labute approximate surface area is 310 Å². The van der Waals surface area contributed by atoms with Gasteiger partial charge in [0.15, 0.2) is 22.8 Å². The predicted molar refractivity (Wildman–Crippen MR) is 195 cm³/mol. The molecular weight excluding hydrogens is 704 g/mol. The summed E-state index contributed by atoms with van der Waals surface area (Å²) in [6.45, 7) is 7.03. The standard InChI is InChI=1S/C21H20FN5O2.C14H16FN5O.CH4O.H3N.H2O/c1-3-21(11-23)13(2)17(22)18(29-21)15-9-10-16-19(24-12-25-27(15)16)26-20(28)14-7-5-4-6-8-14;1-3-14(6-16)8(2)11(15)12(21-14)9-4-5-10-13(17)18-7-19-20(9)10;1-2;;/h4-10,12-13,17-18H,3H2,1-2H3,(H,24,25,26,28);4-5,7-8,11-12H,3H2,1-2H3,(H2,17,18,19);2H,1H3;1H3;1H2/t13-,17+,18-,21-;8-,11+,12-,14-;;;/m00.../s1. The molecule has 5 aromatic rings. The first-order chi connectivity index (χ1) is 25.0. The van der Waals surface area contributed by atoms with E-state index in [1.807, 2.05) is 19.9 Å². The van der Waals surface area contributed by atoms with Crippen molar-refractivity contribution in [2.24, 2.45) is 11.8 Å². The van der Waals surface area contributed by atoms with Crippen molar-refractivity contribution in [3.8, 4) is 12.1 Å². The molecule has 0 spiro atoms. The molecule has 0 saturated carbocycles. The normalized spacial score (nSPS) is 26.9. The number of aliphatic hydroxyl groups is 1. The van der Waals surface area contributed by atoms with Crippen LogP contribution in [0.15, 0.2) is 67.3 Å². The molecular formula is C36H45F2N11O5. The first-order valence-electron chi connectivity index (χ1n) is 16.7. The minimum atomic E-state index is -1.36. The highest BCUT2D eigenvalue weighted by Crippen LogP contribution is 2.48. The third-order valence-corrected chi connectivity index (χ3v) is 9.95. The first kappa shape index (κ1) is 42.8. The highest BCUT2D eigenvalue weighted by atomic mass is 19.1. The van der Waals surface area contributed by atoms with Gasteiger partial charge in [-0.05, 0) is 49.2 Å². The SMILES string of the molecule is CC[C@@]1(C#N)O[C@@H](c2ccc3c(N)ncnn23)[C@H](F)[C@@H]1C.CC[C@@]1(C#N)O[C@@H](c2ccc3c(NC(=O)c4ccccc4)ncnn23)[C@H](F)[C@@H]1C.CO.N.O. The molecule has 2 aliphatic heterocycles. The summed E-state index contributed by atoms with van der Waals surface area (Å²) in [6, 6.07) is 19.9. The molecule has 1 aromatic carbocycles. The van der Waals surface area contributed by atoms with Gasteiger partial charge >= 0.3 is 0 Å². The van der Waals surface area contributed by atoms with Gasteiger partial charge in [-0.3, -0.25) is 4.79 Å². The number of hydrogen-bond acceptors (Lipinski definition) is 12. The van der Waals surface area contributed by atoms with E-state index in [0.717, 1.165) is 7.11 Å². The third kappa shape index (κ3) is 7.30. The summed E-state index contributed by atoms with van der Waals surface area (Å²) in [7, 11) is 1.00. The number of anilines is 2. The second-order valence-corrected chi connectivity index (χ2v) is 12.4. The Hall–Kier alpha value is -5.63. The van der Waals surface area contributed by atoms with Crippen LogP contribution in [0.1, 0.15) is 74.5 Å². The van der Waals surface area contributed by atoms with Gasteiger partial charge in [0.05, 0.1) is 23.5 Å². The molecule has 7 rings (SSSR count). The molecule has 4 aromatic heterocycles. The molecule has 8 atom stereocenters. The Morgan fingerprint density at radius 3 is 1.78 bits per heavy atom. The number of nitrogen functional groups attached to an aromatic ring is 1. The zero-order valence-electron chi connectivity index (χ0n) is 30.5. The van der Waals surface area contributed by atoms with Crippen LogP contribution in [0.5, 0.6) is 0 Å². The number of nitrogens with one attached hydrogen (secondary N) is 1. The van der Waals surface area contributed by atoms with Gasteiger partial charge in [-0.25, -0.2) is 27.8 Å². The van der Waals surface area contributed by atoms with Crippen molar-refractivity contribution in [1.82, 2.24) is 35.3 Å². The van der Waals surface area contributed by atoms with Crippen molar-refractivity contribution >= 4 is 28.6 Å².